The fraction of sp³-hybridized carbons (Fsp3) is 0.167. The van der Waals surface area contributed by atoms with E-state index in [1.807, 2.05) is 37.3 Å². The average Bonchev–Trinajstić information content (AvgIpc) is 2.53. The molecule has 0 aromatic heterocycles. The molecular weight excluding hydrogens is 284 g/mol. The van der Waals surface area contributed by atoms with Crippen LogP contribution in [0.25, 0.3) is 6.08 Å². The number of halogens is 2. The Kier molecular flexibility index (Phi) is 5.42. The molecule has 22 heavy (non-hydrogen) atoms. The first-order chi connectivity index (χ1) is 10.6. The first kappa shape index (κ1) is 15.9. The van der Waals surface area contributed by atoms with Crippen molar-refractivity contribution in [1.29, 1.82) is 0 Å². The molecule has 1 amide bonds. The van der Waals surface area contributed by atoms with Crippen molar-refractivity contribution >= 4 is 12.0 Å². The third-order valence-electron chi connectivity index (χ3n) is 3.35. The summed E-state index contributed by atoms with van der Waals surface area (Å²) in [6, 6.07) is 13.4. The topological polar surface area (TPSA) is 29.1 Å². The van der Waals surface area contributed by atoms with Gasteiger partial charge in [-0.1, -0.05) is 43.3 Å². The number of carbonyl (C=O) groups is 1. The van der Waals surface area contributed by atoms with Crippen molar-refractivity contribution in [3.05, 3.63) is 77.4 Å². The van der Waals surface area contributed by atoms with Crippen molar-refractivity contribution in [1.82, 2.24) is 5.32 Å². The Hall–Kier alpha value is -2.49. The van der Waals surface area contributed by atoms with Gasteiger partial charge in [0.15, 0.2) is 0 Å². The lowest BCUT2D eigenvalue weighted by molar-refractivity contribution is -0.116. The molecule has 0 aliphatic carbocycles. The molecule has 0 saturated carbocycles. The van der Waals surface area contributed by atoms with Gasteiger partial charge in [0.1, 0.15) is 11.6 Å². The van der Waals surface area contributed by atoms with E-state index in [2.05, 4.69) is 5.32 Å². The Labute approximate surface area is 128 Å². The Balaban J connectivity index is 1.92. The maximum absolute atomic E-state index is 13.4. The smallest absolute Gasteiger partial charge is 0.244 e. The van der Waals surface area contributed by atoms with E-state index in [1.165, 1.54) is 6.07 Å². The molecule has 1 N–H and O–H groups in total. The van der Waals surface area contributed by atoms with Crippen LogP contribution < -0.4 is 5.32 Å². The summed E-state index contributed by atoms with van der Waals surface area (Å²) in [7, 11) is 0. The summed E-state index contributed by atoms with van der Waals surface area (Å²) in [4.78, 5) is 11.7. The van der Waals surface area contributed by atoms with E-state index in [9.17, 15) is 13.6 Å². The van der Waals surface area contributed by atoms with Gasteiger partial charge in [0.25, 0.3) is 0 Å². The molecule has 0 fully saturated rings. The molecule has 0 bridgehead atoms. The van der Waals surface area contributed by atoms with Gasteiger partial charge in [-0.3, -0.25) is 4.79 Å². The molecule has 2 nitrogen and oxygen atoms in total. The Bertz CT molecular complexity index is 648. The van der Waals surface area contributed by atoms with Crippen LogP contribution in [0.1, 0.15) is 24.0 Å². The summed E-state index contributed by atoms with van der Waals surface area (Å²) in [5.74, 6) is -1.61. The fourth-order valence-corrected chi connectivity index (χ4v) is 2.04. The standard InChI is InChI=1S/C18H17F2NO/c1-13(14-6-3-2-4-7-14)12-21-18(22)11-10-15-16(19)8-5-9-17(15)20/h2-11,13H,12H2,1H3,(H,21,22)/b11-10+. The van der Waals surface area contributed by atoms with Crippen LogP contribution in [0.2, 0.25) is 0 Å². The predicted octanol–water partition coefficient (Wildman–Crippen LogP) is 3.90. The van der Waals surface area contributed by atoms with Crippen LogP contribution in [0.3, 0.4) is 0 Å². The predicted molar refractivity (Wildman–Crippen MR) is 83.3 cm³/mol. The normalized spacial score (nSPS) is 12.3. The van der Waals surface area contributed by atoms with E-state index in [0.29, 0.717) is 6.54 Å². The molecule has 0 heterocycles. The molecule has 0 spiro atoms. The highest BCUT2D eigenvalue weighted by molar-refractivity contribution is 5.91. The van der Waals surface area contributed by atoms with E-state index in [-0.39, 0.29) is 17.4 Å². The summed E-state index contributed by atoms with van der Waals surface area (Å²) >= 11 is 0. The molecule has 0 saturated heterocycles. The summed E-state index contributed by atoms with van der Waals surface area (Å²) in [5, 5.41) is 2.72. The molecular formula is C18H17F2NO. The van der Waals surface area contributed by atoms with Gasteiger partial charge >= 0.3 is 0 Å². The van der Waals surface area contributed by atoms with Gasteiger partial charge in [-0.05, 0) is 29.7 Å². The SMILES string of the molecule is CC(CNC(=O)/C=C/c1c(F)cccc1F)c1ccccc1. The minimum absolute atomic E-state index is 0.156. The van der Waals surface area contributed by atoms with Gasteiger partial charge in [0.2, 0.25) is 5.91 Å². The Morgan fingerprint density at radius 2 is 1.73 bits per heavy atom. The summed E-state index contributed by atoms with van der Waals surface area (Å²) in [5.41, 5.74) is 0.903. The lowest BCUT2D eigenvalue weighted by Gasteiger charge is -2.11. The van der Waals surface area contributed by atoms with Crippen molar-refractivity contribution < 1.29 is 13.6 Å². The van der Waals surface area contributed by atoms with E-state index < -0.39 is 11.6 Å². The van der Waals surface area contributed by atoms with Gasteiger partial charge in [-0.25, -0.2) is 8.78 Å². The monoisotopic (exact) mass is 301 g/mol. The van der Waals surface area contributed by atoms with Crippen LogP contribution in [-0.2, 0) is 4.79 Å². The molecule has 0 aliphatic rings. The number of hydrogen-bond acceptors (Lipinski definition) is 1. The second kappa shape index (κ2) is 7.50. The number of benzene rings is 2. The fourth-order valence-electron chi connectivity index (χ4n) is 2.04. The molecule has 2 aromatic rings. The molecule has 2 rings (SSSR count). The van der Waals surface area contributed by atoms with Crippen LogP contribution in [0.15, 0.2) is 54.6 Å². The lowest BCUT2D eigenvalue weighted by atomic mass is 10.0. The highest BCUT2D eigenvalue weighted by atomic mass is 19.1. The second-order valence-electron chi connectivity index (χ2n) is 5.03. The van der Waals surface area contributed by atoms with Gasteiger partial charge in [0, 0.05) is 18.2 Å². The van der Waals surface area contributed by atoms with E-state index in [4.69, 9.17) is 0 Å². The van der Waals surface area contributed by atoms with Gasteiger partial charge in [-0.15, -0.1) is 0 Å². The quantitative estimate of drug-likeness (QED) is 0.834. The molecule has 114 valence electrons. The van der Waals surface area contributed by atoms with Crippen LogP contribution in [0, 0.1) is 11.6 Å². The molecule has 1 unspecified atom stereocenters. The minimum atomic E-state index is -0.693. The zero-order valence-electron chi connectivity index (χ0n) is 12.2. The van der Waals surface area contributed by atoms with Crippen LogP contribution in [0.4, 0.5) is 8.78 Å². The van der Waals surface area contributed by atoms with Gasteiger partial charge in [0.05, 0.1) is 0 Å². The van der Waals surface area contributed by atoms with Gasteiger partial charge < -0.3 is 5.32 Å². The van der Waals surface area contributed by atoms with E-state index in [0.717, 1.165) is 29.8 Å². The highest BCUT2D eigenvalue weighted by Crippen LogP contribution is 2.14. The molecule has 0 aliphatic heterocycles. The largest absolute Gasteiger partial charge is 0.352 e. The number of nitrogens with one attached hydrogen (secondary N) is 1. The van der Waals surface area contributed by atoms with Crippen LogP contribution in [-0.4, -0.2) is 12.5 Å². The maximum Gasteiger partial charge on any atom is 0.244 e. The third kappa shape index (κ3) is 4.25. The first-order valence-corrected chi connectivity index (χ1v) is 7.03. The van der Waals surface area contributed by atoms with Crippen molar-refractivity contribution in [2.24, 2.45) is 0 Å². The van der Waals surface area contributed by atoms with Crippen molar-refractivity contribution in [3.63, 3.8) is 0 Å². The average molecular weight is 301 g/mol. The van der Waals surface area contributed by atoms with E-state index >= 15 is 0 Å². The molecule has 2 aromatic carbocycles. The Morgan fingerprint density at radius 1 is 1.09 bits per heavy atom. The Morgan fingerprint density at radius 3 is 2.36 bits per heavy atom. The van der Waals surface area contributed by atoms with Crippen molar-refractivity contribution in [3.8, 4) is 0 Å². The molecule has 1 atom stereocenters. The maximum atomic E-state index is 13.4. The number of amides is 1. The van der Waals surface area contributed by atoms with Crippen molar-refractivity contribution in [2.75, 3.05) is 6.54 Å². The van der Waals surface area contributed by atoms with Crippen LogP contribution >= 0.6 is 0 Å². The summed E-state index contributed by atoms with van der Waals surface area (Å²) in [6.07, 6.45) is 2.28. The zero-order valence-corrected chi connectivity index (χ0v) is 12.2. The minimum Gasteiger partial charge on any atom is -0.352 e. The molecule has 4 heteroatoms. The first-order valence-electron chi connectivity index (χ1n) is 7.03. The number of hydrogen-bond donors (Lipinski definition) is 1. The number of carbonyl (C=O) groups excluding carboxylic acids is 1. The molecule has 0 radical (unpaired) electrons. The summed E-state index contributed by atoms with van der Waals surface area (Å²) < 4.78 is 26.8. The number of rotatable bonds is 5. The zero-order chi connectivity index (χ0) is 15.9. The third-order valence-corrected chi connectivity index (χ3v) is 3.35. The van der Waals surface area contributed by atoms with Crippen molar-refractivity contribution in [2.45, 2.75) is 12.8 Å². The lowest BCUT2D eigenvalue weighted by Crippen LogP contribution is -2.25. The van der Waals surface area contributed by atoms with Crippen LogP contribution in [0.5, 0.6) is 0 Å². The van der Waals surface area contributed by atoms with E-state index in [1.54, 1.807) is 0 Å². The highest BCUT2D eigenvalue weighted by Gasteiger charge is 2.07. The summed E-state index contributed by atoms with van der Waals surface area (Å²) in [6.45, 7) is 2.45. The van der Waals surface area contributed by atoms with Gasteiger partial charge in [-0.2, -0.15) is 0 Å². The second-order valence-corrected chi connectivity index (χ2v) is 5.03.